The van der Waals surface area contributed by atoms with Crippen LogP contribution >= 0.6 is 11.6 Å². The van der Waals surface area contributed by atoms with Crippen LogP contribution in [0.5, 0.6) is 5.88 Å². The number of hydrogen-bond acceptors (Lipinski definition) is 5. The van der Waals surface area contributed by atoms with Crippen LogP contribution in [0.3, 0.4) is 0 Å². The highest BCUT2D eigenvalue weighted by Gasteiger charge is 2.36. The van der Waals surface area contributed by atoms with Crippen molar-refractivity contribution >= 4 is 17.5 Å². The number of benzene rings is 1. The third-order valence-corrected chi connectivity index (χ3v) is 4.33. The first kappa shape index (κ1) is 21.7. The van der Waals surface area contributed by atoms with E-state index >= 15 is 0 Å². The first-order valence-electron chi connectivity index (χ1n) is 8.70. The molecule has 30 heavy (non-hydrogen) atoms. The third kappa shape index (κ3) is 5.30. The van der Waals surface area contributed by atoms with Gasteiger partial charge in [0.25, 0.3) is 5.91 Å². The molecule has 8 nitrogen and oxygen atoms in total. The van der Waals surface area contributed by atoms with Gasteiger partial charge in [0.2, 0.25) is 5.88 Å². The predicted octanol–water partition coefficient (Wildman–Crippen LogP) is 2.37. The normalized spacial score (nSPS) is 12.6. The molecule has 3 aromatic rings. The predicted molar refractivity (Wildman–Crippen MR) is 100 cm³/mol. The Bertz CT molecular complexity index is 991. The van der Waals surface area contributed by atoms with E-state index in [1.807, 2.05) is 0 Å². The summed E-state index contributed by atoms with van der Waals surface area (Å²) in [7, 11) is 0. The molecule has 0 unspecified atom stereocenters. The molecule has 0 saturated carbocycles. The van der Waals surface area contributed by atoms with Gasteiger partial charge < -0.3 is 20.1 Å². The summed E-state index contributed by atoms with van der Waals surface area (Å²) in [5.41, 5.74) is -0.329. The summed E-state index contributed by atoms with van der Waals surface area (Å²) < 4.78 is 45.5. The summed E-state index contributed by atoms with van der Waals surface area (Å²) in [4.78, 5) is 18.9. The molecule has 3 rings (SSSR count). The number of rotatable bonds is 8. The number of hydrogen-bond donors (Lipinski definition) is 3. The molecule has 0 aliphatic heterocycles. The van der Waals surface area contributed by atoms with Gasteiger partial charge in [-0.25, -0.2) is 4.98 Å². The monoisotopic (exact) mass is 443 g/mol. The number of aliphatic hydroxyl groups is 1. The van der Waals surface area contributed by atoms with E-state index in [9.17, 15) is 23.1 Å². The minimum atomic E-state index is -4.71. The van der Waals surface area contributed by atoms with Crippen LogP contribution < -0.4 is 10.1 Å². The van der Waals surface area contributed by atoms with E-state index in [1.54, 1.807) is 18.3 Å². The number of aromatic amines is 1. The van der Waals surface area contributed by atoms with Crippen LogP contribution in [0, 0.1) is 0 Å². The molecule has 0 bridgehead atoms. The van der Waals surface area contributed by atoms with Crippen LogP contribution in [0.1, 0.15) is 11.4 Å². The Morgan fingerprint density at radius 2 is 2.13 bits per heavy atom. The quantitative estimate of drug-likeness (QED) is 0.496. The van der Waals surface area contributed by atoms with Gasteiger partial charge in [0.05, 0.1) is 29.7 Å². The molecule has 12 heteroatoms. The average molecular weight is 444 g/mol. The number of alkyl halides is 3. The van der Waals surface area contributed by atoms with E-state index in [-0.39, 0.29) is 29.6 Å². The molecule has 2 heterocycles. The molecular weight excluding hydrogens is 427 g/mol. The summed E-state index contributed by atoms with van der Waals surface area (Å²) >= 11 is 6.06. The van der Waals surface area contributed by atoms with Gasteiger partial charge in [-0.3, -0.25) is 4.79 Å². The van der Waals surface area contributed by atoms with Crippen LogP contribution in [-0.2, 0) is 17.4 Å². The number of ether oxygens (including phenoxy) is 1. The lowest BCUT2D eigenvalue weighted by Crippen LogP contribution is -2.41. The van der Waals surface area contributed by atoms with Gasteiger partial charge in [-0.2, -0.15) is 23.0 Å². The van der Waals surface area contributed by atoms with Crippen LogP contribution in [0.25, 0.3) is 5.69 Å². The molecule has 1 atom stereocenters. The van der Waals surface area contributed by atoms with Crippen molar-refractivity contribution in [2.45, 2.75) is 18.6 Å². The maximum Gasteiger partial charge on any atom is 0.435 e. The number of halogens is 4. The van der Waals surface area contributed by atoms with Crippen molar-refractivity contribution in [2.24, 2.45) is 0 Å². The number of carbonyl (C=O) groups is 1. The molecule has 0 aliphatic rings. The summed E-state index contributed by atoms with van der Waals surface area (Å²) in [6, 6.07) is 6.21. The van der Waals surface area contributed by atoms with Crippen molar-refractivity contribution in [1.82, 2.24) is 25.1 Å². The van der Waals surface area contributed by atoms with E-state index in [1.165, 1.54) is 18.5 Å². The number of carbonyl (C=O) groups excluding carboxylic acids is 1. The summed E-state index contributed by atoms with van der Waals surface area (Å²) in [5, 5.41) is 15.6. The molecule has 2 aromatic heterocycles. The molecular formula is C18H17ClF3N5O3. The zero-order valence-electron chi connectivity index (χ0n) is 15.4. The first-order valence-corrected chi connectivity index (χ1v) is 9.08. The lowest BCUT2D eigenvalue weighted by atomic mass is 10.2. The Morgan fingerprint density at radius 1 is 1.37 bits per heavy atom. The third-order valence-electron chi connectivity index (χ3n) is 4.01. The lowest BCUT2D eigenvalue weighted by Gasteiger charge is -2.16. The Kier molecular flexibility index (Phi) is 6.63. The fourth-order valence-corrected chi connectivity index (χ4v) is 2.85. The maximum absolute atomic E-state index is 13.1. The summed E-state index contributed by atoms with van der Waals surface area (Å²) in [5.74, 6) is -0.936. The minimum absolute atomic E-state index is 0.156. The zero-order valence-corrected chi connectivity index (χ0v) is 16.1. The molecule has 0 fully saturated rings. The van der Waals surface area contributed by atoms with Crippen LogP contribution in [0.4, 0.5) is 13.2 Å². The second kappa shape index (κ2) is 9.18. The number of nitrogens with one attached hydrogen (secondary N) is 2. The average Bonchev–Trinajstić information content (AvgIpc) is 3.35. The number of para-hydroxylation sites is 1. The lowest BCUT2D eigenvalue weighted by molar-refractivity contribution is -0.141. The SMILES string of the molecule is O=C(COc1cc(C(F)(F)F)nn1-c1ccccc1Cl)N[C@@H](CO)Cc1cnc[nH]1. The van der Waals surface area contributed by atoms with Crippen molar-refractivity contribution in [3.05, 3.63) is 59.3 Å². The molecule has 0 radical (unpaired) electrons. The van der Waals surface area contributed by atoms with E-state index < -0.39 is 30.4 Å². The Morgan fingerprint density at radius 3 is 2.77 bits per heavy atom. The maximum atomic E-state index is 13.1. The topological polar surface area (TPSA) is 105 Å². The highest BCUT2D eigenvalue weighted by atomic mass is 35.5. The van der Waals surface area contributed by atoms with Crippen molar-refractivity contribution in [1.29, 1.82) is 0 Å². The Hall–Kier alpha value is -3.05. The van der Waals surface area contributed by atoms with Gasteiger partial charge >= 0.3 is 6.18 Å². The van der Waals surface area contributed by atoms with Gasteiger partial charge in [0.15, 0.2) is 12.3 Å². The minimum Gasteiger partial charge on any atom is -0.467 e. The number of H-pyrrole nitrogens is 1. The van der Waals surface area contributed by atoms with E-state index in [2.05, 4.69) is 20.4 Å². The molecule has 0 saturated heterocycles. The Balaban J connectivity index is 1.73. The van der Waals surface area contributed by atoms with Gasteiger partial charge in [0, 0.05) is 24.4 Å². The molecule has 0 spiro atoms. The number of amides is 1. The van der Waals surface area contributed by atoms with Crippen molar-refractivity contribution in [3.63, 3.8) is 0 Å². The number of aromatic nitrogens is 4. The van der Waals surface area contributed by atoms with Crippen molar-refractivity contribution in [2.75, 3.05) is 13.2 Å². The largest absolute Gasteiger partial charge is 0.467 e. The van der Waals surface area contributed by atoms with Crippen molar-refractivity contribution < 1.29 is 27.8 Å². The summed E-state index contributed by atoms with van der Waals surface area (Å²) in [6.07, 6.45) is -1.41. The van der Waals surface area contributed by atoms with E-state index in [0.717, 1.165) is 4.68 Å². The fraction of sp³-hybridized carbons (Fsp3) is 0.278. The van der Waals surface area contributed by atoms with Crippen molar-refractivity contribution in [3.8, 4) is 11.6 Å². The van der Waals surface area contributed by atoms with Crippen LogP contribution in [-0.4, -0.2) is 50.0 Å². The van der Waals surface area contributed by atoms with Crippen LogP contribution in [0.15, 0.2) is 42.9 Å². The highest BCUT2D eigenvalue weighted by molar-refractivity contribution is 6.32. The second-order valence-corrected chi connectivity index (χ2v) is 6.65. The molecule has 160 valence electrons. The van der Waals surface area contributed by atoms with E-state index in [0.29, 0.717) is 11.8 Å². The number of aliphatic hydroxyl groups excluding tert-OH is 1. The van der Waals surface area contributed by atoms with Gasteiger partial charge in [-0.1, -0.05) is 23.7 Å². The Labute approximate surface area is 173 Å². The van der Waals surface area contributed by atoms with Gasteiger partial charge in [-0.15, -0.1) is 0 Å². The van der Waals surface area contributed by atoms with Crippen LogP contribution in [0.2, 0.25) is 5.02 Å². The zero-order chi connectivity index (χ0) is 21.7. The van der Waals surface area contributed by atoms with Gasteiger partial charge in [-0.05, 0) is 12.1 Å². The van der Waals surface area contributed by atoms with E-state index in [4.69, 9.17) is 16.3 Å². The molecule has 0 aliphatic carbocycles. The standard InChI is InChI=1S/C18H17ClF3N5O3/c19-13-3-1-2-4-14(13)27-17(6-15(26-27)18(20,21)22)30-9-16(29)25-12(8-28)5-11-7-23-10-24-11/h1-4,6-7,10,12,28H,5,8-9H2,(H,23,24)(H,25,29)/t12-/m1/s1. The molecule has 1 aromatic carbocycles. The first-order chi connectivity index (χ1) is 14.3. The highest BCUT2D eigenvalue weighted by Crippen LogP contribution is 2.33. The second-order valence-electron chi connectivity index (χ2n) is 6.25. The van der Waals surface area contributed by atoms with Gasteiger partial charge in [0.1, 0.15) is 0 Å². The summed E-state index contributed by atoms with van der Waals surface area (Å²) in [6.45, 7) is -0.937. The molecule has 1 amide bonds. The number of imidazole rings is 1. The number of nitrogens with zero attached hydrogens (tertiary/aromatic N) is 3. The smallest absolute Gasteiger partial charge is 0.435 e. The fourth-order valence-electron chi connectivity index (χ4n) is 2.63. The molecule has 3 N–H and O–H groups in total.